The average molecular weight is 523 g/mol. The Kier molecular flexibility index (Phi) is 7.10. The molecule has 1 aliphatic rings. The first-order valence-corrected chi connectivity index (χ1v) is 9.27. The standard InChI is InChI=1S/C17H16F2IN3O6/c18-17(19)8-12(9-27-29-20)28-15(17)23-7-6-13(22-16(23)25)21-14(24)10-26-11-4-2-1-3-5-11/h1-7,12,15H,8-10H2,(H,21,22,24,25)/t12-,15+/m0/s1. The fourth-order valence-corrected chi connectivity index (χ4v) is 2.86. The number of halogens is 3. The van der Waals surface area contributed by atoms with Crippen molar-refractivity contribution in [3.05, 3.63) is 53.1 Å². The first-order chi connectivity index (χ1) is 13.9. The molecule has 1 N–H and O–H groups in total. The molecular formula is C17H16F2IN3O6. The summed E-state index contributed by atoms with van der Waals surface area (Å²) in [5, 5.41) is 2.37. The van der Waals surface area contributed by atoms with Gasteiger partial charge in [0.15, 0.2) is 29.6 Å². The highest BCUT2D eigenvalue weighted by Gasteiger charge is 2.52. The Morgan fingerprint density at radius 1 is 1.34 bits per heavy atom. The van der Waals surface area contributed by atoms with E-state index >= 15 is 0 Å². The summed E-state index contributed by atoms with van der Waals surface area (Å²) in [7, 11) is 0. The molecule has 1 aliphatic heterocycles. The van der Waals surface area contributed by atoms with Crippen LogP contribution in [-0.2, 0) is 17.6 Å². The number of nitrogens with one attached hydrogen (secondary N) is 1. The number of rotatable bonds is 8. The van der Waals surface area contributed by atoms with Crippen LogP contribution in [-0.4, -0.2) is 40.7 Å². The molecule has 1 fully saturated rings. The van der Waals surface area contributed by atoms with Crippen LogP contribution in [0.15, 0.2) is 47.4 Å². The molecule has 3 rings (SSSR count). The van der Waals surface area contributed by atoms with Crippen LogP contribution in [0.2, 0.25) is 0 Å². The minimum absolute atomic E-state index is 0.0904. The maximum absolute atomic E-state index is 14.2. The number of carbonyl (C=O) groups excluding carboxylic acids is 1. The second-order valence-corrected chi connectivity index (χ2v) is 6.44. The van der Waals surface area contributed by atoms with Crippen LogP contribution >= 0.6 is 23.0 Å². The van der Waals surface area contributed by atoms with E-state index in [-0.39, 0.29) is 19.0 Å². The minimum Gasteiger partial charge on any atom is -0.484 e. The van der Waals surface area contributed by atoms with E-state index in [1.807, 2.05) is 0 Å². The highest BCUT2D eigenvalue weighted by Crippen LogP contribution is 2.41. The van der Waals surface area contributed by atoms with Crippen LogP contribution in [0.3, 0.4) is 0 Å². The number of alkyl halides is 2. The van der Waals surface area contributed by atoms with E-state index in [0.29, 0.717) is 10.3 Å². The van der Waals surface area contributed by atoms with Gasteiger partial charge in [-0.2, -0.15) is 8.20 Å². The number of hydrogen-bond donors (Lipinski definition) is 1. The van der Waals surface area contributed by atoms with Gasteiger partial charge in [0.1, 0.15) is 18.2 Å². The van der Waals surface area contributed by atoms with Crippen molar-refractivity contribution in [1.82, 2.24) is 9.55 Å². The zero-order chi connectivity index (χ0) is 20.9. The molecule has 1 aromatic carbocycles. The number of ether oxygens (including phenoxy) is 2. The third-order valence-corrected chi connectivity index (χ3v) is 4.20. The Balaban J connectivity index is 1.62. The molecule has 1 amide bonds. The smallest absolute Gasteiger partial charge is 0.351 e. The van der Waals surface area contributed by atoms with Gasteiger partial charge in [0, 0.05) is 12.6 Å². The lowest BCUT2D eigenvalue weighted by molar-refractivity contribution is -0.197. The number of amides is 1. The summed E-state index contributed by atoms with van der Waals surface area (Å²) < 4.78 is 44.0. The van der Waals surface area contributed by atoms with Gasteiger partial charge >= 0.3 is 5.69 Å². The lowest BCUT2D eigenvalue weighted by Gasteiger charge is -2.19. The number of hydrogen-bond acceptors (Lipinski definition) is 7. The summed E-state index contributed by atoms with van der Waals surface area (Å²) in [6.45, 7) is -0.522. The molecular weight excluding hydrogens is 507 g/mol. The third-order valence-electron chi connectivity index (χ3n) is 3.94. The predicted octanol–water partition coefficient (Wildman–Crippen LogP) is 2.48. The van der Waals surface area contributed by atoms with Crippen molar-refractivity contribution >= 4 is 34.7 Å². The maximum Gasteiger partial charge on any atom is 0.351 e. The molecule has 2 atom stereocenters. The summed E-state index contributed by atoms with van der Waals surface area (Å²) >= 11 is 1.45. The van der Waals surface area contributed by atoms with Gasteiger partial charge in [-0.05, 0) is 18.2 Å². The fraction of sp³-hybridized carbons (Fsp3) is 0.353. The Labute approximate surface area is 177 Å². The molecule has 12 heteroatoms. The number of para-hydroxylation sites is 1. The molecule has 29 heavy (non-hydrogen) atoms. The molecule has 0 spiro atoms. The van der Waals surface area contributed by atoms with Gasteiger partial charge in [0.2, 0.25) is 6.23 Å². The van der Waals surface area contributed by atoms with Gasteiger partial charge in [-0.3, -0.25) is 9.36 Å². The first-order valence-electron chi connectivity index (χ1n) is 8.39. The molecule has 1 saturated heterocycles. The molecule has 2 aromatic rings. The molecule has 1 aromatic heterocycles. The number of aromatic nitrogens is 2. The summed E-state index contributed by atoms with van der Waals surface area (Å²) in [4.78, 5) is 32.3. The monoisotopic (exact) mass is 523 g/mol. The Bertz CT molecular complexity index is 898. The van der Waals surface area contributed by atoms with E-state index in [4.69, 9.17) is 9.47 Å². The molecule has 2 heterocycles. The van der Waals surface area contributed by atoms with E-state index in [1.165, 1.54) is 29.1 Å². The van der Waals surface area contributed by atoms with Crippen LogP contribution in [0, 0.1) is 0 Å². The second kappa shape index (κ2) is 9.56. The fourth-order valence-electron chi connectivity index (χ4n) is 2.71. The molecule has 0 radical (unpaired) electrons. The van der Waals surface area contributed by atoms with Crippen LogP contribution in [0.5, 0.6) is 5.75 Å². The number of nitrogens with zero attached hydrogens (tertiary/aromatic N) is 2. The van der Waals surface area contributed by atoms with Crippen molar-refractivity contribution < 1.29 is 31.2 Å². The Morgan fingerprint density at radius 2 is 2.10 bits per heavy atom. The second-order valence-electron chi connectivity index (χ2n) is 6.08. The van der Waals surface area contributed by atoms with Gasteiger partial charge in [0.25, 0.3) is 11.8 Å². The first kappa shape index (κ1) is 21.5. The third kappa shape index (κ3) is 5.68. The summed E-state index contributed by atoms with van der Waals surface area (Å²) in [6.07, 6.45) is -2.35. The van der Waals surface area contributed by atoms with Crippen molar-refractivity contribution in [2.24, 2.45) is 0 Å². The molecule has 156 valence electrons. The van der Waals surface area contributed by atoms with Gasteiger partial charge in [0.05, 0.1) is 6.10 Å². The van der Waals surface area contributed by atoms with Crippen LogP contribution in [0.25, 0.3) is 0 Å². The number of anilines is 1. The van der Waals surface area contributed by atoms with Gasteiger partial charge in [-0.15, -0.1) is 0 Å². The normalized spacial score (nSPS) is 20.4. The highest BCUT2D eigenvalue weighted by molar-refractivity contribution is 14.1. The van der Waals surface area contributed by atoms with Crippen LogP contribution < -0.4 is 15.7 Å². The van der Waals surface area contributed by atoms with Crippen molar-refractivity contribution in [2.45, 2.75) is 24.7 Å². The number of carbonyl (C=O) groups is 1. The molecule has 9 nitrogen and oxygen atoms in total. The zero-order valence-corrected chi connectivity index (χ0v) is 17.0. The topological polar surface area (TPSA) is 101 Å². The summed E-state index contributed by atoms with van der Waals surface area (Å²) in [6, 6.07) is 9.88. The van der Waals surface area contributed by atoms with Crippen LogP contribution in [0.1, 0.15) is 12.6 Å². The van der Waals surface area contributed by atoms with Crippen molar-refractivity contribution in [3.63, 3.8) is 0 Å². The van der Waals surface area contributed by atoms with E-state index in [2.05, 4.69) is 18.4 Å². The largest absolute Gasteiger partial charge is 0.484 e. The van der Waals surface area contributed by atoms with Crippen molar-refractivity contribution in [2.75, 3.05) is 18.5 Å². The average Bonchev–Trinajstić information content (AvgIpc) is 3.00. The van der Waals surface area contributed by atoms with Gasteiger partial charge < -0.3 is 14.8 Å². The Morgan fingerprint density at radius 3 is 2.79 bits per heavy atom. The van der Waals surface area contributed by atoms with Crippen LogP contribution in [0.4, 0.5) is 14.6 Å². The van der Waals surface area contributed by atoms with E-state index in [1.54, 1.807) is 30.3 Å². The lowest BCUT2D eigenvalue weighted by atomic mass is 10.2. The molecule has 0 aliphatic carbocycles. The predicted molar refractivity (Wildman–Crippen MR) is 104 cm³/mol. The maximum atomic E-state index is 14.2. The SMILES string of the molecule is O=C(COc1ccccc1)Nc1ccn([C@@H]2O[C@H](COOI)CC2(F)F)c(=O)n1. The zero-order valence-electron chi connectivity index (χ0n) is 14.8. The highest BCUT2D eigenvalue weighted by atomic mass is 127. The van der Waals surface area contributed by atoms with Gasteiger partial charge in [-0.25, -0.2) is 18.5 Å². The summed E-state index contributed by atoms with van der Waals surface area (Å²) in [5.74, 6) is -3.46. The van der Waals surface area contributed by atoms with E-state index < -0.39 is 36.3 Å². The van der Waals surface area contributed by atoms with E-state index in [9.17, 15) is 18.4 Å². The lowest BCUT2D eigenvalue weighted by Crippen LogP contribution is -2.35. The summed E-state index contributed by atoms with van der Waals surface area (Å²) in [5.41, 5.74) is -0.997. The van der Waals surface area contributed by atoms with Crippen molar-refractivity contribution in [3.8, 4) is 5.75 Å². The quantitative estimate of drug-likeness (QED) is 0.323. The van der Waals surface area contributed by atoms with E-state index in [0.717, 1.165) is 6.20 Å². The number of benzene rings is 1. The molecule has 0 bridgehead atoms. The molecule has 0 saturated carbocycles. The minimum atomic E-state index is -3.31. The molecule has 0 unspecified atom stereocenters. The Hall–Kier alpha value is -2.16. The van der Waals surface area contributed by atoms with Gasteiger partial charge in [-0.1, -0.05) is 18.2 Å². The van der Waals surface area contributed by atoms with Crippen molar-refractivity contribution in [1.29, 1.82) is 0 Å².